The molecule has 0 aliphatic heterocycles. The number of aromatic nitrogens is 2. The number of aryl methyl sites for hydroxylation is 1. The third kappa shape index (κ3) is 3.09. The van der Waals surface area contributed by atoms with E-state index in [1.54, 1.807) is 27.7 Å². The fourth-order valence-electron chi connectivity index (χ4n) is 1.63. The zero-order valence-corrected chi connectivity index (χ0v) is 12.8. The van der Waals surface area contributed by atoms with Crippen LogP contribution in [0.15, 0.2) is 4.79 Å². The Kier molecular flexibility index (Phi) is 4.49. The van der Waals surface area contributed by atoms with Crippen LogP contribution >= 0.6 is 0 Å². The van der Waals surface area contributed by atoms with E-state index in [4.69, 9.17) is 10.5 Å². The van der Waals surface area contributed by atoms with E-state index in [1.165, 1.54) is 11.9 Å². The van der Waals surface area contributed by atoms with Crippen molar-refractivity contribution in [3.8, 4) is 12.1 Å². The second-order valence-electron chi connectivity index (χ2n) is 5.28. The molecule has 0 spiro atoms. The van der Waals surface area contributed by atoms with Crippen LogP contribution in [-0.4, -0.2) is 33.2 Å². The normalized spacial score (nSPS) is 10.6. The molecule has 0 N–H and O–H groups in total. The van der Waals surface area contributed by atoms with Gasteiger partial charge in [-0.2, -0.15) is 15.6 Å². The standard InChI is InChI=1S/C14H17N5O2/c1-9-10(2)17-19(13(21)11(9)6-15)7-12(20)18(5)14(3,4)8-16/h7H2,1-5H3. The maximum Gasteiger partial charge on any atom is 0.285 e. The van der Waals surface area contributed by atoms with Gasteiger partial charge in [-0.15, -0.1) is 0 Å². The van der Waals surface area contributed by atoms with Crippen LogP contribution in [-0.2, 0) is 11.3 Å². The number of hydrogen-bond acceptors (Lipinski definition) is 5. The quantitative estimate of drug-likeness (QED) is 0.805. The highest BCUT2D eigenvalue weighted by Gasteiger charge is 2.28. The van der Waals surface area contributed by atoms with Crippen molar-refractivity contribution in [1.29, 1.82) is 10.5 Å². The van der Waals surface area contributed by atoms with Crippen LogP contribution in [0.1, 0.15) is 30.7 Å². The van der Waals surface area contributed by atoms with Gasteiger partial charge in [0, 0.05) is 7.05 Å². The van der Waals surface area contributed by atoms with Gasteiger partial charge in [-0.1, -0.05) is 0 Å². The summed E-state index contributed by atoms with van der Waals surface area (Å²) in [6, 6.07) is 3.85. The smallest absolute Gasteiger partial charge is 0.285 e. The topological polar surface area (TPSA) is 103 Å². The summed E-state index contributed by atoms with van der Waals surface area (Å²) in [6.45, 7) is 6.19. The maximum atomic E-state index is 12.2. The lowest BCUT2D eigenvalue weighted by molar-refractivity contribution is -0.133. The molecular formula is C14H17N5O2. The Morgan fingerprint density at radius 1 is 1.38 bits per heavy atom. The summed E-state index contributed by atoms with van der Waals surface area (Å²) in [5.41, 5.74) is -0.578. The molecule has 1 aromatic heterocycles. The molecule has 0 aliphatic rings. The van der Waals surface area contributed by atoms with Crippen LogP contribution in [0.25, 0.3) is 0 Å². The van der Waals surface area contributed by atoms with Crippen molar-refractivity contribution >= 4 is 5.91 Å². The highest BCUT2D eigenvalue weighted by atomic mass is 16.2. The Hall–Kier alpha value is -2.67. The Bertz CT molecular complexity index is 719. The average Bonchev–Trinajstić information content (AvgIpc) is 2.44. The molecule has 0 saturated carbocycles. The Balaban J connectivity index is 3.20. The van der Waals surface area contributed by atoms with Gasteiger partial charge >= 0.3 is 0 Å². The minimum absolute atomic E-state index is 0.0162. The average molecular weight is 287 g/mol. The molecule has 21 heavy (non-hydrogen) atoms. The fourth-order valence-corrected chi connectivity index (χ4v) is 1.63. The van der Waals surface area contributed by atoms with Gasteiger partial charge in [0.2, 0.25) is 5.91 Å². The zero-order valence-electron chi connectivity index (χ0n) is 12.8. The van der Waals surface area contributed by atoms with Gasteiger partial charge in [0.15, 0.2) is 0 Å². The van der Waals surface area contributed by atoms with E-state index in [0.717, 1.165) is 4.68 Å². The number of amides is 1. The van der Waals surface area contributed by atoms with Crippen molar-refractivity contribution in [2.24, 2.45) is 0 Å². The first kappa shape index (κ1) is 16.4. The summed E-state index contributed by atoms with van der Waals surface area (Å²) in [7, 11) is 1.49. The van der Waals surface area contributed by atoms with Crippen LogP contribution < -0.4 is 5.56 Å². The monoisotopic (exact) mass is 287 g/mol. The number of nitrogens with zero attached hydrogens (tertiary/aromatic N) is 5. The second kappa shape index (κ2) is 5.76. The SMILES string of the molecule is Cc1nn(CC(=O)N(C)C(C)(C)C#N)c(=O)c(C#N)c1C. The molecule has 1 heterocycles. The molecular weight excluding hydrogens is 270 g/mol. The first-order valence-electron chi connectivity index (χ1n) is 6.32. The predicted octanol–water partition coefficient (Wildman–Crippen LogP) is 0.492. The van der Waals surface area contributed by atoms with Crippen LogP contribution in [0.2, 0.25) is 0 Å². The van der Waals surface area contributed by atoms with E-state index in [9.17, 15) is 9.59 Å². The van der Waals surface area contributed by atoms with E-state index in [0.29, 0.717) is 11.3 Å². The van der Waals surface area contributed by atoms with Gasteiger partial charge in [0.1, 0.15) is 23.7 Å². The van der Waals surface area contributed by atoms with E-state index in [-0.39, 0.29) is 12.1 Å². The van der Waals surface area contributed by atoms with Crippen LogP contribution in [0.5, 0.6) is 0 Å². The number of hydrogen-bond donors (Lipinski definition) is 0. The largest absolute Gasteiger partial charge is 0.326 e. The molecule has 0 aromatic carbocycles. The molecule has 0 unspecified atom stereocenters. The predicted molar refractivity (Wildman–Crippen MR) is 75.1 cm³/mol. The lowest BCUT2D eigenvalue weighted by Crippen LogP contribution is -2.46. The van der Waals surface area contributed by atoms with Gasteiger partial charge < -0.3 is 4.90 Å². The van der Waals surface area contributed by atoms with Crippen molar-refractivity contribution in [2.45, 2.75) is 39.8 Å². The summed E-state index contributed by atoms with van der Waals surface area (Å²) in [5.74, 6) is -0.428. The van der Waals surface area contributed by atoms with Crippen molar-refractivity contribution in [1.82, 2.24) is 14.7 Å². The van der Waals surface area contributed by atoms with Gasteiger partial charge in [-0.3, -0.25) is 9.59 Å². The Labute approximate surface area is 123 Å². The molecule has 0 aliphatic carbocycles. The molecule has 7 nitrogen and oxygen atoms in total. The highest BCUT2D eigenvalue weighted by Crippen LogP contribution is 2.11. The van der Waals surface area contributed by atoms with Crippen molar-refractivity contribution in [3.05, 3.63) is 27.2 Å². The lowest BCUT2D eigenvalue weighted by Gasteiger charge is -2.29. The zero-order chi connectivity index (χ0) is 16.4. The third-order valence-corrected chi connectivity index (χ3v) is 3.52. The number of nitriles is 2. The van der Waals surface area contributed by atoms with Gasteiger partial charge in [-0.05, 0) is 33.3 Å². The molecule has 7 heteroatoms. The molecule has 0 radical (unpaired) electrons. The first-order valence-corrected chi connectivity index (χ1v) is 6.32. The lowest BCUT2D eigenvalue weighted by atomic mass is 10.1. The maximum absolute atomic E-state index is 12.2. The first-order chi connectivity index (χ1) is 9.65. The van der Waals surface area contributed by atoms with E-state index >= 15 is 0 Å². The Morgan fingerprint density at radius 2 is 1.95 bits per heavy atom. The van der Waals surface area contributed by atoms with E-state index in [1.807, 2.05) is 12.1 Å². The van der Waals surface area contributed by atoms with E-state index in [2.05, 4.69) is 5.10 Å². The van der Waals surface area contributed by atoms with Crippen LogP contribution in [0.4, 0.5) is 0 Å². The number of rotatable bonds is 3. The molecule has 1 rings (SSSR count). The fraction of sp³-hybridized carbons (Fsp3) is 0.500. The summed E-state index contributed by atoms with van der Waals surface area (Å²) < 4.78 is 0.965. The number of likely N-dealkylation sites (N-methyl/N-ethyl adjacent to an activating group) is 1. The third-order valence-electron chi connectivity index (χ3n) is 3.52. The summed E-state index contributed by atoms with van der Waals surface area (Å²) in [6.07, 6.45) is 0. The molecule has 1 amide bonds. The number of carbonyl (C=O) groups is 1. The molecule has 110 valence electrons. The molecule has 0 fully saturated rings. The molecule has 0 saturated heterocycles. The molecule has 0 bridgehead atoms. The summed E-state index contributed by atoms with van der Waals surface area (Å²) in [4.78, 5) is 25.5. The van der Waals surface area contributed by atoms with Gasteiger partial charge in [0.25, 0.3) is 5.56 Å². The molecule has 1 aromatic rings. The van der Waals surface area contributed by atoms with Crippen LogP contribution in [0.3, 0.4) is 0 Å². The summed E-state index contributed by atoms with van der Waals surface area (Å²) >= 11 is 0. The molecule has 0 atom stereocenters. The summed E-state index contributed by atoms with van der Waals surface area (Å²) in [5, 5.41) is 22.1. The Morgan fingerprint density at radius 3 is 2.43 bits per heavy atom. The minimum Gasteiger partial charge on any atom is -0.326 e. The van der Waals surface area contributed by atoms with Gasteiger partial charge in [0.05, 0.1) is 11.8 Å². The second-order valence-corrected chi connectivity index (χ2v) is 5.28. The van der Waals surface area contributed by atoms with Gasteiger partial charge in [-0.25, -0.2) is 4.68 Å². The number of carbonyl (C=O) groups excluding carboxylic acids is 1. The van der Waals surface area contributed by atoms with E-state index < -0.39 is 17.0 Å². The van der Waals surface area contributed by atoms with Crippen molar-refractivity contribution in [3.63, 3.8) is 0 Å². The minimum atomic E-state index is -0.988. The highest BCUT2D eigenvalue weighted by molar-refractivity contribution is 5.76. The van der Waals surface area contributed by atoms with Crippen LogP contribution in [0, 0.1) is 36.5 Å². The van der Waals surface area contributed by atoms with Crippen molar-refractivity contribution in [2.75, 3.05) is 7.05 Å². The van der Waals surface area contributed by atoms with Crippen molar-refractivity contribution < 1.29 is 4.79 Å².